The molecule has 1 heterocycles. The Morgan fingerprint density at radius 1 is 1.25 bits per heavy atom. The number of carbonyl (C=O) groups excluding carboxylic acids is 1. The minimum atomic E-state index is -0.272. The molecule has 124 valence electrons. The fourth-order valence-corrected chi connectivity index (χ4v) is 4.31. The van der Waals surface area contributed by atoms with E-state index in [0.717, 1.165) is 20.1 Å². The molecule has 1 aromatic heterocycles. The van der Waals surface area contributed by atoms with E-state index in [-0.39, 0.29) is 17.8 Å². The van der Waals surface area contributed by atoms with Crippen molar-refractivity contribution in [1.29, 1.82) is 0 Å². The van der Waals surface area contributed by atoms with E-state index in [1.165, 1.54) is 23.9 Å². The Labute approximate surface area is 148 Å². The van der Waals surface area contributed by atoms with Crippen LogP contribution in [0.25, 0.3) is 10.2 Å². The molecule has 24 heavy (non-hydrogen) atoms. The van der Waals surface area contributed by atoms with Gasteiger partial charge in [-0.2, -0.15) is 0 Å². The highest BCUT2D eigenvalue weighted by Gasteiger charge is 2.18. The number of carbonyl (C=O) groups is 1. The molecule has 1 atom stereocenters. The number of thiazole rings is 1. The van der Waals surface area contributed by atoms with Crippen molar-refractivity contribution < 1.29 is 9.18 Å². The Morgan fingerprint density at radius 2 is 1.96 bits per heavy atom. The van der Waals surface area contributed by atoms with Gasteiger partial charge in [0, 0.05) is 7.05 Å². The summed E-state index contributed by atoms with van der Waals surface area (Å²) in [5.41, 5.74) is 1.88. The van der Waals surface area contributed by atoms with Crippen molar-refractivity contribution in [2.75, 3.05) is 12.8 Å². The maximum Gasteiger partial charge on any atom is 0.233 e. The molecule has 0 fully saturated rings. The van der Waals surface area contributed by atoms with E-state index in [0.29, 0.717) is 5.75 Å². The molecule has 0 spiro atoms. The molecule has 0 N–H and O–H groups in total. The van der Waals surface area contributed by atoms with Crippen LogP contribution in [-0.2, 0) is 4.79 Å². The first-order chi connectivity index (χ1) is 11.5. The van der Waals surface area contributed by atoms with Crippen LogP contribution >= 0.6 is 23.1 Å². The summed E-state index contributed by atoms with van der Waals surface area (Å²) in [5, 5.41) is 0. The van der Waals surface area contributed by atoms with Gasteiger partial charge in [-0.05, 0) is 36.8 Å². The number of thioether (sulfide) groups is 1. The zero-order valence-corrected chi connectivity index (χ0v) is 15.0. The number of amides is 1. The molecular weight excluding hydrogens is 343 g/mol. The van der Waals surface area contributed by atoms with Gasteiger partial charge in [0.1, 0.15) is 5.82 Å². The average Bonchev–Trinajstić information content (AvgIpc) is 3.02. The van der Waals surface area contributed by atoms with Gasteiger partial charge in [0.05, 0.1) is 22.0 Å². The quantitative estimate of drug-likeness (QED) is 0.616. The lowest BCUT2D eigenvalue weighted by atomic mass is 10.1. The molecule has 6 heteroatoms. The van der Waals surface area contributed by atoms with Crippen molar-refractivity contribution in [2.45, 2.75) is 17.3 Å². The zero-order valence-electron chi connectivity index (χ0n) is 13.4. The highest BCUT2D eigenvalue weighted by molar-refractivity contribution is 8.01. The smallest absolute Gasteiger partial charge is 0.233 e. The van der Waals surface area contributed by atoms with Crippen molar-refractivity contribution in [3.63, 3.8) is 0 Å². The SMILES string of the molecule is CC(c1ccc(F)cc1)N(C)C(=O)CSc1nc2ccccc2s1. The van der Waals surface area contributed by atoms with Crippen molar-refractivity contribution in [3.05, 3.63) is 59.9 Å². The summed E-state index contributed by atoms with van der Waals surface area (Å²) in [6, 6.07) is 14.1. The normalized spacial score (nSPS) is 12.3. The summed E-state index contributed by atoms with van der Waals surface area (Å²) >= 11 is 3.05. The number of aromatic nitrogens is 1. The van der Waals surface area contributed by atoms with Crippen molar-refractivity contribution in [3.8, 4) is 0 Å². The number of halogens is 1. The predicted molar refractivity (Wildman–Crippen MR) is 97.9 cm³/mol. The molecule has 0 saturated heterocycles. The Balaban J connectivity index is 1.62. The summed E-state index contributed by atoms with van der Waals surface area (Å²) in [6.07, 6.45) is 0. The molecule has 2 aromatic carbocycles. The molecule has 3 aromatic rings. The molecule has 1 unspecified atom stereocenters. The van der Waals surface area contributed by atoms with Gasteiger partial charge in [-0.1, -0.05) is 36.0 Å². The summed E-state index contributed by atoms with van der Waals surface area (Å²) in [4.78, 5) is 18.6. The van der Waals surface area contributed by atoms with Crippen LogP contribution in [0.5, 0.6) is 0 Å². The Hall–Kier alpha value is -1.92. The van der Waals surface area contributed by atoms with Crippen LogP contribution in [0.3, 0.4) is 0 Å². The molecule has 0 saturated carbocycles. The lowest BCUT2D eigenvalue weighted by Gasteiger charge is -2.25. The van der Waals surface area contributed by atoms with Gasteiger partial charge in [-0.25, -0.2) is 9.37 Å². The summed E-state index contributed by atoms with van der Waals surface area (Å²) in [6.45, 7) is 1.94. The van der Waals surface area contributed by atoms with Gasteiger partial charge < -0.3 is 4.90 Å². The van der Waals surface area contributed by atoms with Crippen molar-refractivity contribution >= 4 is 39.2 Å². The van der Waals surface area contributed by atoms with Crippen LogP contribution in [0.15, 0.2) is 52.9 Å². The van der Waals surface area contributed by atoms with Crippen LogP contribution in [0, 0.1) is 5.82 Å². The number of hydrogen-bond donors (Lipinski definition) is 0. The minimum absolute atomic E-state index is 0.0241. The molecule has 0 aliphatic carbocycles. The largest absolute Gasteiger partial charge is 0.338 e. The van der Waals surface area contributed by atoms with Crippen molar-refractivity contribution in [2.24, 2.45) is 0 Å². The maximum atomic E-state index is 13.0. The van der Waals surface area contributed by atoms with Gasteiger partial charge in [0.25, 0.3) is 0 Å². The lowest BCUT2D eigenvalue weighted by Crippen LogP contribution is -2.31. The number of nitrogens with zero attached hydrogens (tertiary/aromatic N) is 2. The van der Waals surface area contributed by atoms with E-state index in [4.69, 9.17) is 0 Å². The van der Waals surface area contributed by atoms with Gasteiger partial charge >= 0.3 is 0 Å². The second kappa shape index (κ2) is 7.32. The second-order valence-corrected chi connectivity index (χ2v) is 7.72. The van der Waals surface area contributed by atoms with E-state index in [1.54, 1.807) is 35.4 Å². The summed E-state index contributed by atoms with van der Waals surface area (Å²) < 4.78 is 15.0. The Morgan fingerprint density at radius 3 is 2.67 bits per heavy atom. The maximum absolute atomic E-state index is 13.0. The third-order valence-corrected chi connectivity index (χ3v) is 6.08. The first-order valence-corrected chi connectivity index (χ1v) is 9.34. The third-order valence-electron chi connectivity index (χ3n) is 3.92. The van der Waals surface area contributed by atoms with Crippen LogP contribution in [0.1, 0.15) is 18.5 Å². The number of para-hydroxylation sites is 1. The molecule has 3 nitrogen and oxygen atoms in total. The summed E-state index contributed by atoms with van der Waals surface area (Å²) in [5.74, 6) is 0.0874. The molecule has 0 aliphatic rings. The fourth-order valence-electron chi connectivity index (χ4n) is 2.32. The Kier molecular flexibility index (Phi) is 5.16. The molecule has 0 radical (unpaired) electrons. The number of rotatable bonds is 5. The van der Waals surface area contributed by atoms with Gasteiger partial charge in [-0.3, -0.25) is 4.79 Å². The van der Waals surface area contributed by atoms with Crippen LogP contribution in [0.4, 0.5) is 4.39 Å². The molecule has 0 bridgehead atoms. The van der Waals surface area contributed by atoms with Crippen LogP contribution in [-0.4, -0.2) is 28.6 Å². The highest BCUT2D eigenvalue weighted by Crippen LogP contribution is 2.30. The van der Waals surface area contributed by atoms with Gasteiger partial charge in [0.2, 0.25) is 5.91 Å². The number of hydrogen-bond acceptors (Lipinski definition) is 4. The average molecular weight is 360 g/mol. The molecule has 1 amide bonds. The van der Waals surface area contributed by atoms with E-state index < -0.39 is 0 Å². The highest BCUT2D eigenvalue weighted by atomic mass is 32.2. The van der Waals surface area contributed by atoms with E-state index in [9.17, 15) is 9.18 Å². The molecule has 3 rings (SSSR count). The topological polar surface area (TPSA) is 33.2 Å². The Bertz CT molecular complexity index is 815. The standard InChI is InChI=1S/C18H17FN2OS2/c1-12(13-7-9-14(19)10-8-13)21(2)17(22)11-23-18-20-15-5-3-4-6-16(15)24-18/h3-10,12H,11H2,1-2H3. The summed E-state index contributed by atoms with van der Waals surface area (Å²) in [7, 11) is 1.77. The number of fused-ring (bicyclic) bond motifs is 1. The van der Waals surface area contributed by atoms with Crippen LogP contribution in [0.2, 0.25) is 0 Å². The van der Waals surface area contributed by atoms with E-state index >= 15 is 0 Å². The molecular formula is C18H17FN2OS2. The lowest BCUT2D eigenvalue weighted by molar-refractivity contribution is -0.128. The van der Waals surface area contributed by atoms with Gasteiger partial charge in [0.15, 0.2) is 4.34 Å². The first kappa shape index (κ1) is 16.9. The van der Waals surface area contributed by atoms with Gasteiger partial charge in [-0.15, -0.1) is 11.3 Å². The monoisotopic (exact) mass is 360 g/mol. The third kappa shape index (κ3) is 3.76. The predicted octanol–water partition coefficient (Wildman–Crippen LogP) is 4.75. The fraction of sp³-hybridized carbons (Fsp3) is 0.222. The van der Waals surface area contributed by atoms with E-state index in [2.05, 4.69) is 4.98 Å². The zero-order chi connectivity index (χ0) is 17.1. The van der Waals surface area contributed by atoms with Crippen molar-refractivity contribution in [1.82, 2.24) is 9.88 Å². The second-order valence-electron chi connectivity index (χ2n) is 5.47. The first-order valence-electron chi connectivity index (χ1n) is 7.54. The number of benzene rings is 2. The van der Waals surface area contributed by atoms with Crippen LogP contribution < -0.4 is 0 Å². The minimum Gasteiger partial charge on any atom is -0.338 e. The molecule has 0 aliphatic heterocycles. The van der Waals surface area contributed by atoms with E-state index in [1.807, 2.05) is 31.2 Å².